The third kappa shape index (κ3) is 3.84. The monoisotopic (exact) mass is 373 g/mol. The van der Waals surface area contributed by atoms with Crippen LogP contribution in [0.5, 0.6) is 0 Å². The van der Waals surface area contributed by atoms with Gasteiger partial charge in [0.2, 0.25) is 0 Å². The molecule has 1 atom stereocenters. The zero-order chi connectivity index (χ0) is 19.6. The number of benzene rings is 1. The van der Waals surface area contributed by atoms with Gasteiger partial charge in [-0.2, -0.15) is 5.10 Å². The molecule has 9 nitrogen and oxygen atoms in total. The van der Waals surface area contributed by atoms with E-state index in [1.54, 1.807) is 13.1 Å². The van der Waals surface area contributed by atoms with Gasteiger partial charge in [0, 0.05) is 7.05 Å². The Morgan fingerprint density at radius 1 is 1.33 bits per heavy atom. The van der Waals surface area contributed by atoms with Crippen molar-refractivity contribution in [2.45, 2.75) is 19.6 Å². The Bertz CT molecular complexity index is 1070. The number of hydrogen-bond donors (Lipinski definition) is 1. The lowest BCUT2D eigenvalue weighted by atomic mass is 10.3. The Hall–Kier alpha value is -3.56. The number of ether oxygens (including phenoxy) is 1. The summed E-state index contributed by atoms with van der Waals surface area (Å²) in [4.78, 5) is 40.5. The molecule has 0 aliphatic carbocycles. The van der Waals surface area contributed by atoms with E-state index in [1.165, 1.54) is 42.3 Å². The molecule has 0 fully saturated rings. The molecule has 0 saturated heterocycles. The Morgan fingerprint density at radius 2 is 2.07 bits per heavy atom. The number of carbonyl (C=O) groups excluding carboxylic acids is 2. The second-order valence-electron chi connectivity index (χ2n) is 5.78. The molecule has 1 N–H and O–H groups in total. The summed E-state index contributed by atoms with van der Waals surface area (Å²) >= 11 is 0. The first kappa shape index (κ1) is 18.2. The maximum Gasteiger partial charge on any atom is 0.326 e. The van der Waals surface area contributed by atoms with Crippen molar-refractivity contribution in [1.29, 1.82) is 0 Å². The number of amides is 1. The van der Waals surface area contributed by atoms with E-state index < -0.39 is 35.9 Å². The summed E-state index contributed by atoms with van der Waals surface area (Å²) in [5.74, 6) is -2.10. The number of aromatic nitrogens is 4. The van der Waals surface area contributed by atoms with Gasteiger partial charge in [0.05, 0.1) is 11.9 Å². The molecular formula is C17H16FN5O4. The second-order valence-corrected chi connectivity index (χ2v) is 5.78. The second kappa shape index (κ2) is 7.36. The van der Waals surface area contributed by atoms with Crippen molar-refractivity contribution >= 4 is 28.6 Å². The quantitative estimate of drug-likeness (QED) is 0.664. The lowest BCUT2D eigenvalue weighted by Crippen LogP contribution is -2.33. The molecule has 0 bridgehead atoms. The van der Waals surface area contributed by atoms with E-state index in [1.807, 2.05) is 0 Å². The molecule has 2 heterocycles. The van der Waals surface area contributed by atoms with E-state index in [2.05, 4.69) is 15.4 Å². The number of aryl methyl sites for hydroxylation is 1. The van der Waals surface area contributed by atoms with Crippen LogP contribution < -0.4 is 10.9 Å². The number of carbonyl (C=O) groups is 2. The Morgan fingerprint density at radius 3 is 2.81 bits per heavy atom. The van der Waals surface area contributed by atoms with E-state index in [4.69, 9.17) is 4.74 Å². The van der Waals surface area contributed by atoms with Crippen LogP contribution in [-0.2, 0) is 27.9 Å². The maximum atomic E-state index is 13.6. The van der Waals surface area contributed by atoms with Crippen LogP contribution in [0.1, 0.15) is 6.92 Å². The SMILES string of the molecule is CC(OC(=O)Cn1cnc2c(cnn2C)c1=O)C(=O)Nc1ccccc1F. The highest BCUT2D eigenvalue weighted by atomic mass is 19.1. The van der Waals surface area contributed by atoms with Crippen molar-refractivity contribution in [3.63, 3.8) is 0 Å². The van der Waals surface area contributed by atoms with E-state index >= 15 is 0 Å². The smallest absolute Gasteiger partial charge is 0.326 e. The minimum absolute atomic E-state index is 0.0205. The first-order chi connectivity index (χ1) is 12.9. The van der Waals surface area contributed by atoms with Crippen molar-refractivity contribution in [3.8, 4) is 0 Å². The predicted octanol–water partition coefficient (Wildman–Crippen LogP) is 0.839. The van der Waals surface area contributed by atoms with E-state index in [9.17, 15) is 18.8 Å². The zero-order valence-corrected chi connectivity index (χ0v) is 14.5. The number of esters is 1. The van der Waals surface area contributed by atoms with Crippen molar-refractivity contribution in [3.05, 3.63) is 53.0 Å². The summed E-state index contributed by atoms with van der Waals surface area (Å²) in [5.41, 5.74) is -0.0800. The molecule has 10 heteroatoms. The predicted molar refractivity (Wildman–Crippen MR) is 93.4 cm³/mol. The first-order valence-electron chi connectivity index (χ1n) is 7.99. The number of hydrogen-bond acceptors (Lipinski definition) is 6. The molecule has 1 unspecified atom stereocenters. The number of nitrogens with one attached hydrogen (secondary N) is 1. The average Bonchev–Trinajstić information content (AvgIpc) is 3.01. The van der Waals surface area contributed by atoms with Crippen molar-refractivity contribution < 1.29 is 18.7 Å². The lowest BCUT2D eigenvalue weighted by molar-refractivity contribution is -0.153. The molecule has 1 amide bonds. The van der Waals surface area contributed by atoms with Gasteiger partial charge in [0.15, 0.2) is 11.8 Å². The van der Waals surface area contributed by atoms with Crippen LogP contribution in [0.3, 0.4) is 0 Å². The van der Waals surface area contributed by atoms with Crippen molar-refractivity contribution in [2.75, 3.05) is 5.32 Å². The van der Waals surface area contributed by atoms with E-state index in [0.717, 1.165) is 4.57 Å². The minimum Gasteiger partial charge on any atom is -0.451 e. The third-order valence-electron chi connectivity index (χ3n) is 3.83. The van der Waals surface area contributed by atoms with E-state index in [-0.39, 0.29) is 11.1 Å². The molecule has 140 valence electrons. The Labute approximate surface area is 152 Å². The number of rotatable bonds is 5. The van der Waals surface area contributed by atoms with Crippen LogP contribution in [0.4, 0.5) is 10.1 Å². The normalized spacial score (nSPS) is 12.0. The summed E-state index contributed by atoms with van der Waals surface area (Å²) in [6.07, 6.45) is 1.39. The topological polar surface area (TPSA) is 108 Å². The van der Waals surface area contributed by atoms with Gasteiger partial charge in [-0.3, -0.25) is 23.6 Å². The highest BCUT2D eigenvalue weighted by Crippen LogP contribution is 2.13. The highest BCUT2D eigenvalue weighted by Gasteiger charge is 2.20. The molecule has 3 aromatic rings. The summed E-state index contributed by atoms with van der Waals surface area (Å²) < 4.78 is 21.1. The van der Waals surface area contributed by atoms with Crippen LogP contribution in [0.15, 0.2) is 41.6 Å². The lowest BCUT2D eigenvalue weighted by Gasteiger charge is -2.14. The van der Waals surface area contributed by atoms with Gasteiger partial charge in [-0.1, -0.05) is 12.1 Å². The average molecular weight is 373 g/mol. The van der Waals surface area contributed by atoms with Crippen LogP contribution in [0, 0.1) is 5.82 Å². The number of halogens is 1. The number of fused-ring (bicyclic) bond motifs is 1. The van der Waals surface area contributed by atoms with Gasteiger partial charge in [-0.15, -0.1) is 0 Å². The maximum absolute atomic E-state index is 13.6. The Kier molecular flexibility index (Phi) is 4.97. The molecule has 0 saturated carbocycles. The van der Waals surface area contributed by atoms with Gasteiger partial charge >= 0.3 is 5.97 Å². The third-order valence-corrected chi connectivity index (χ3v) is 3.83. The number of para-hydroxylation sites is 1. The Balaban J connectivity index is 1.65. The summed E-state index contributed by atoms with van der Waals surface area (Å²) in [7, 11) is 1.64. The summed E-state index contributed by atoms with van der Waals surface area (Å²) in [5, 5.41) is 6.53. The number of nitrogens with zero attached hydrogens (tertiary/aromatic N) is 4. The molecule has 2 aromatic heterocycles. The fraction of sp³-hybridized carbons (Fsp3) is 0.235. The first-order valence-corrected chi connectivity index (χ1v) is 7.99. The zero-order valence-electron chi connectivity index (χ0n) is 14.5. The summed E-state index contributed by atoms with van der Waals surface area (Å²) in [6.45, 7) is 0.924. The van der Waals surface area contributed by atoms with Crippen molar-refractivity contribution in [2.24, 2.45) is 7.05 Å². The van der Waals surface area contributed by atoms with E-state index in [0.29, 0.717) is 5.65 Å². The molecule has 27 heavy (non-hydrogen) atoms. The van der Waals surface area contributed by atoms with Gasteiger partial charge in [-0.05, 0) is 19.1 Å². The fourth-order valence-electron chi connectivity index (χ4n) is 2.40. The van der Waals surface area contributed by atoms with Crippen molar-refractivity contribution in [1.82, 2.24) is 19.3 Å². The fourth-order valence-corrected chi connectivity index (χ4v) is 2.40. The molecule has 0 aliphatic rings. The summed E-state index contributed by atoms with van der Waals surface area (Å²) in [6, 6.07) is 5.62. The molecule has 0 aliphatic heterocycles. The molecule has 1 aromatic carbocycles. The van der Waals surface area contributed by atoms with Gasteiger partial charge in [0.25, 0.3) is 11.5 Å². The largest absolute Gasteiger partial charge is 0.451 e. The molecule has 3 rings (SSSR count). The van der Waals surface area contributed by atoms with Gasteiger partial charge in [-0.25, -0.2) is 9.37 Å². The van der Waals surface area contributed by atoms with Crippen LogP contribution in [0.25, 0.3) is 11.0 Å². The van der Waals surface area contributed by atoms with Gasteiger partial charge in [0.1, 0.15) is 24.1 Å². The molecular weight excluding hydrogens is 357 g/mol. The van der Waals surface area contributed by atoms with Crippen LogP contribution in [0.2, 0.25) is 0 Å². The molecule has 0 radical (unpaired) electrons. The van der Waals surface area contributed by atoms with Gasteiger partial charge < -0.3 is 10.1 Å². The van der Waals surface area contributed by atoms with Crippen LogP contribution >= 0.6 is 0 Å². The minimum atomic E-state index is -1.18. The number of anilines is 1. The van der Waals surface area contributed by atoms with Crippen LogP contribution in [-0.4, -0.2) is 37.3 Å². The molecule has 0 spiro atoms. The highest BCUT2D eigenvalue weighted by molar-refractivity contribution is 5.95. The standard InChI is InChI=1S/C17H16FN5O4/c1-10(16(25)21-13-6-4-3-5-12(13)18)27-14(24)8-23-9-19-15-11(17(23)26)7-20-22(15)2/h3-7,9-10H,8H2,1-2H3,(H,21,25).